The van der Waals surface area contributed by atoms with Gasteiger partial charge in [0.05, 0.1) is 35.4 Å². The van der Waals surface area contributed by atoms with Gasteiger partial charge in [0.25, 0.3) is 0 Å². The zero-order chi connectivity index (χ0) is 23.8. The molecule has 7 nitrogen and oxygen atoms in total. The number of esters is 1. The molecular formula is C25H27NO6S. The predicted molar refractivity (Wildman–Crippen MR) is 123 cm³/mol. The van der Waals surface area contributed by atoms with Crippen LogP contribution >= 0.6 is 0 Å². The monoisotopic (exact) mass is 469 g/mol. The largest absolute Gasteiger partial charge is 0.497 e. The Morgan fingerprint density at radius 1 is 1.03 bits per heavy atom. The van der Waals surface area contributed by atoms with E-state index in [0.717, 1.165) is 11.1 Å². The molecule has 33 heavy (non-hydrogen) atoms. The molecule has 0 bridgehead atoms. The molecule has 2 aromatic carbocycles. The fourth-order valence-corrected chi connectivity index (χ4v) is 6.90. The predicted octanol–water partition coefficient (Wildman–Crippen LogP) is 2.19. The maximum Gasteiger partial charge on any atom is 0.311 e. The molecule has 2 aromatic rings. The Labute approximate surface area is 195 Å². The molecule has 1 N–H and O–H groups in total. The summed E-state index contributed by atoms with van der Waals surface area (Å²) in [7, 11) is 0.0793. The summed E-state index contributed by atoms with van der Waals surface area (Å²) in [5, 5.41) is 2.14. The summed E-state index contributed by atoms with van der Waals surface area (Å²) in [6.45, 7) is 3.48. The molecule has 2 aliphatic rings. The van der Waals surface area contributed by atoms with Gasteiger partial charge in [-0.3, -0.25) is 18.6 Å². The van der Waals surface area contributed by atoms with E-state index in [1.807, 2.05) is 30.3 Å². The minimum atomic E-state index is -1.49. The van der Waals surface area contributed by atoms with Crippen molar-refractivity contribution >= 4 is 28.5 Å². The van der Waals surface area contributed by atoms with Crippen LogP contribution < -0.4 is 10.1 Å². The summed E-state index contributed by atoms with van der Waals surface area (Å²) < 4.78 is 22.9. The van der Waals surface area contributed by atoms with Crippen LogP contribution in [0.25, 0.3) is 0 Å². The quantitative estimate of drug-likeness (QED) is 0.624. The van der Waals surface area contributed by atoms with Gasteiger partial charge in [-0.1, -0.05) is 42.5 Å². The molecule has 5 unspecified atom stereocenters. The average molecular weight is 470 g/mol. The van der Waals surface area contributed by atoms with E-state index < -0.39 is 44.6 Å². The van der Waals surface area contributed by atoms with Crippen LogP contribution in [0.4, 0.5) is 0 Å². The van der Waals surface area contributed by atoms with Gasteiger partial charge < -0.3 is 14.8 Å². The molecule has 4 rings (SSSR count). The third kappa shape index (κ3) is 4.31. The second-order valence-electron chi connectivity index (χ2n) is 8.93. The van der Waals surface area contributed by atoms with Gasteiger partial charge in [0.15, 0.2) is 5.78 Å². The second-order valence-corrected chi connectivity index (χ2v) is 11.1. The van der Waals surface area contributed by atoms with Gasteiger partial charge in [0, 0.05) is 10.8 Å². The van der Waals surface area contributed by atoms with Gasteiger partial charge in [-0.2, -0.15) is 0 Å². The number of methoxy groups -OCH3 is 1. The highest BCUT2D eigenvalue weighted by Gasteiger charge is 2.70. The van der Waals surface area contributed by atoms with Gasteiger partial charge in [-0.25, -0.2) is 0 Å². The van der Waals surface area contributed by atoms with E-state index in [1.165, 1.54) is 0 Å². The van der Waals surface area contributed by atoms with Crippen molar-refractivity contribution in [2.45, 2.75) is 42.9 Å². The van der Waals surface area contributed by atoms with E-state index in [2.05, 4.69) is 5.32 Å². The van der Waals surface area contributed by atoms with Gasteiger partial charge in [0.1, 0.15) is 18.4 Å². The number of carbonyl (C=O) groups is 3. The molecule has 1 aliphatic heterocycles. The van der Waals surface area contributed by atoms with E-state index in [4.69, 9.17) is 9.47 Å². The van der Waals surface area contributed by atoms with Crippen LogP contribution in [-0.4, -0.2) is 45.0 Å². The highest BCUT2D eigenvalue weighted by atomic mass is 32.2. The zero-order valence-electron chi connectivity index (χ0n) is 18.8. The molecular weight excluding hydrogens is 442 g/mol. The summed E-state index contributed by atoms with van der Waals surface area (Å²) >= 11 is 0. The van der Waals surface area contributed by atoms with E-state index in [0.29, 0.717) is 5.75 Å². The number of ether oxygens (including phenoxy) is 2. The summed E-state index contributed by atoms with van der Waals surface area (Å²) in [6.07, 6.45) is 0.130. The number of nitrogens with one attached hydrogen (secondary N) is 1. The van der Waals surface area contributed by atoms with Gasteiger partial charge in [-0.05, 0) is 37.1 Å². The molecule has 0 spiro atoms. The first kappa shape index (κ1) is 23.2. The molecule has 8 heteroatoms. The van der Waals surface area contributed by atoms with Crippen molar-refractivity contribution in [3.8, 4) is 5.75 Å². The van der Waals surface area contributed by atoms with Crippen LogP contribution in [0.1, 0.15) is 25.0 Å². The molecule has 1 saturated carbocycles. The lowest BCUT2D eigenvalue weighted by Gasteiger charge is -2.39. The number of amides is 1. The Balaban J connectivity index is 1.42. The first-order valence-electron chi connectivity index (χ1n) is 10.8. The third-order valence-electron chi connectivity index (χ3n) is 6.51. The van der Waals surface area contributed by atoms with E-state index in [-0.39, 0.29) is 24.7 Å². The SMILES string of the molecule is COc1ccc(COC(=O)C2C3C(=O)C(NC(=O)Cc4ccccc4)C3S(=O)C2(C)C)cc1. The smallest absolute Gasteiger partial charge is 0.311 e. The molecule has 0 aromatic heterocycles. The maximum absolute atomic E-state index is 13.2. The van der Waals surface area contributed by atoms with Crippen molar-refractivity contribution in [2.75, 3.05) is 7.11 Å². The minimum absolute atomic E-state index is 0.0465. The summed E-state index contributed by atoms with van der Waals surface area (Å²) in [6, 6.07) is 15.5. The average Bonchev–Trinajstić information content (AvgIpc) is 3.00. The van der Waals surface area contributed by atoms with Gasteiger partial charge in [-0.15, -0.1) is 0 Å². The molecule has 2 fully saturated rings. The third-order valence-corrected chi connectivity index (χ3v) is 8.86. The number of hydrogen-bond donors (Lipinski definition) is 1. The molecule has 1 saturated heterocycles. The maximum atomic E-state index is 13.2. The van der Waals surface area contributed by atoms with E-state index >= 15 is 0 Å². The van der Waals surface area contributed by atoms with Gasteiger partial charge >= 0.3 is 5.97 Å². The van der Waals surface area contributed by atoms with Crippen LogP contribution in [0.5, 0.6) is 5.75 Å². The lowest BCUT2D eigenvalue weighted by Crippen LogP contribution is -2.65. The number of carbonyl (C=O) groups excluding carboxylic acids is 3. The van der Waals surface area contributed by atoms with Crippen LogP contribution in [-0.2, 0) is 42.9 Å². The fraction of sp³-hybridized carbons (Fsp3) is 0.400. The summed E-state index contributed by atoms with van der Waals surface area (Å²) in [4.78, 5) is 38.4. The Morgan fingerprint density at radius 2 is 1.70 bits per heavy atom. The molecule has 5 atom stereocenters. The topological polar surface area (TPSA) is 98.8 Å². The number of benzene rings is 2. The van der Waals surface area contributed by atoms with Crippen LogP contribution in [0.15, 0.2) is 54.6 Å². The lowest BCUT2D eigenvalue weighted by atomic mass is 9.67. The molecule has 174 valence electrons. The molecule has 0 radical (unpaired) electrons. The van der Waals surface area contributed by atoms with Crippen LogP contribution in [0.2, 0.25) is 0 Å². The Kier molecular flexibility index (Phi) is 6.38. The van der Waals surface area contributed by atoms with Crippen molar-refractivity contribution in [1.82, 2.24) is 5.32 Å². The number of rotatable bonds is 7. The highest BCUT2D eigenvalue weighted by molar-refractivity contribution is 7.87. The van der Waals surface area contributed by atoms with Crippen molar-refractivity contribution in [2.24, 2.45) is 11.8 Å². The summed E-state index contributed by atoms with van der Waals surface area (Å²) in [5.74, 6) is -1.95. The number of hydrogen-bond acceptors (Lipinski definition) is 6. The standard InChI is InChI=1S/C25H27NO6S/c1-25(2)20(24(29)32-14-16-9-11-17(31-3)12-10-16)19-22(28)21(23(19)33(25)30)26-18(27)13-15-7-5-4-6-8-15/h4-12,19-21,23H,13-14H2,1-3H3,(H,26,27). The first-order chi connectivity index (χ1) is 15.7. The number of Topliss-reactive ketones (excluding diaryl/α,β-unsaturated/α-hetero) is 1. The molecule has 1 heterocycles. The highest BCUT2D eigenvalue weighted by Crippen LogP contribution is 2.51. The van der Waals surface area contributed by atoms with Crippen molar-refractivity contribution in [1.29, 1.82) is 0 Å². The van der Waals surface area contributed by atoms with E-state index in [9.17, 15) is 18.6 Å². The van der Waals surface area contributed by atoms with Crippen molar-refractivity contribution in [3.05, 3.63) is 65.7 Å². The first-order valence-corrected chi connectivity index (χ1v) is 12.0. The lowest BCUT2D eigenvalue weighted by molar-refractivity contribution is -0.157. The van der Waals surface area contributed by atoms with Gasteiger partial charge in [0.2, 0.25) is 5.91 Å². The Hall–Kier alpha value is -3.00. The second kappa shape index (κ2) is 9.09. The van der Waals surface area contributed by atoms with Crippen molar-refractivity contribution < 1.29 is 28.1 Å². The minimum Gasteiger partial charge on any atom is -0.497 e. The number of ketones is 1. The van der Waals surface area contributed by atoms with Crippen LogP contribution in [0, 0.1) is 11.8 Å². The zero-order valence-corrected chi connectivity index (χ0v) is 19.6. The Bertz CT molecular complexity index is 1080. The normalized spacial score (nSPS) is 27.2. The Morgan fingerprint density at radius 3 is 2.33 bits per heavy atom. The number of fused-ring (bicyclic) bond motifs is 1. The molecule has 1 amide bonds. The van der Waals surface area contributed by atoms with Crippen molar-refractivity contribution in [3.63, 3.8) is 0 Å². The summed E-state index contributed by atoms with van der Waals surface area (Å²) in [5.41, 5.74) is 1.61. The fourth-order valence-electron chi connectivity index (χ4n) is 4.69. The van der Waals surface area contributed by atoms with Crippen LogP contribution in [0.3, 0.4) is 0 Å². The molecule has 1 aliphatic carbocycles. The van der Waals surface area contributed by atoms with E-state index in [1.54, 1.807) is 45.2 Å².